The Kier molecular flexibility index (Phi) is 34.8. The van der Waals surface area contributed by atoms with Crippen molar-refractivity contribution in [3.05, 3.63) is 104 Å². The van der Waals surface area contributed by atoms with Crippen LogP contribution in [0, 0.1) is 0 Å². The number of hydrogen-bond donors (Lipinski definition) is 11. The molecule has 0 aliphatic carbocycles. The van der Waals surface area contributed by atoms with Gasteiger partial charge in [0, 0.05) is 95.7 Å². The number of ketones is 1. The smallest absolute Gasteiger partial charge is 0.870 e. The van der Waals surface area contributed by atoms with Gasteiger partial charge in [0.2, 0.25) is 17.6 Å². The Labute approximate surface area is 599 Å². The van der Waals surface area contributed by atoms with Crippen LogP contribution in [0.4, 0.5) is 0 Å². The van der Waals surface area contributed by atoms with Crippen molar-refractivity contribution in [2.24, 2.45) is 0 Å². The number of aliphatic carboxylic acids is 1. The zero-order valence-electron chi connectivity index (χ0n) is 50.9. The molecule has 2 fully saturated rings. The van der Waals surface area contributed by atoms with Crippen molar-refractivity contribution >= 4 is 116 Å². The number of ether oxygens (including phenoxy) is 4. The fraction of sp³-hybridized carbons (Fsp3) is 0.492. The quantitative estimate of drug-likeness (QED) is 0.00796. The van der Waals surface area contributed by atoms with Gasteiger partial charge in [0.15, 0.2) is 5.78 Å². The van der Waals surface area contributed by atoms with Crippen LogP contribution >= 0.6 is 68.9 Å². The molecule has 2 saturated heterocycles. The number of carboxylic acids is 1. The Hall–Kier alpha value is -3.56. The number of rotatable bonds is 35. The van der Waals surface area contributed by atoms with Gasteiger partial charge in [-0.05, 0) is 95.8 Å². The third kappa shape index (κ3) is 23.1. The van der Waals surface area contributed by atoms with Crippen molar-refractivity contribution in [1.29, 1.82) is 0 Å². The minimum atomic E-state index is -2.57. The van der Waals surface area contributed by atoms with Gasteiger partial charge in [-0.3, -0.25) is 28.8 Å². The third-order valence-electron chi connectivity index (χ3n) is 14.2. The molecule has 12 atom stereocenters. The monoisotopic (exact) mass is 1410 g/mol. The van der Waals surface area contributed by atoms with E-state index in [9.17, 15) is 74.1 Å². The van der Waals surface area contributed by atoms with E-state index >= 15 is 0 Å². The zero-order chi connectivity index (χ0) is 64.3. The number of aliphatic hydroxyl groups excluding tert-OH is 6. The molecule has 0 spiro atoms. The molecule has 7 rings (SSSR count). The summed E-state index contributed by atoms with van der Waals surface area (Å²) in [5, 5.41) is 95.9. The van der Waals surface area contributed by atoms with Gasteiger partial charge in [0.1, 0.15) is 30.4 Å². The van der Waals surface area contributed by atoms with E-state index in [-0.39, 0.29) is 95.9 Å². The Balaban J connectivity index is 0.00000602. The number of carbonyl (C=O) groups excluding carboxylic acids is 8. The Morgan fingerprint density at radius 2 is 1.11 bits per heavy atom. The SMILES string of the molecule is CC(=O)N[C@H]1[C@H]([C@H](O)[C@H](O)CNC(=O)c2ccc(-c3cccs3)s2)O[C@]([C-]=O)(OCCCSCCNC(=O)c2ccc(C(=O)CCCSCCCO[C@]3(C(=O)[O-])C[C@H](O)[C@@H](NC(C)=O)[C@H]([C@H](O)[C@H](O)CNC(=O)c4ccc(-c5cccs5)s4)O3)cc2)C[C@@H]1O.[Na+].[Na+].[OH-]. The maximum atomic E-state index is 13.0. The summed E-state index contributed by atoms with van der Waals surface area (Å²) in [6, 6.07) is 18.1. The van der Waals surface area contributed by atoms with Gasteiger partial charge in [-0.25, -0.2) is 6.29 Å². The molecule has 492 valence electrons. The van der Waals surface area contributed by atoms with E-state index in [2.05, 4.69) is 26.6 Å². The first kappa shape index (κ1) is 80.9. The van der Waals surface area contributed by atoms with Gasteiger partial charge in [0.25, 0.3) is 17.7 Å². The van der Waals surface area contributed by atoms with E-state index in [0.717, 1.165) is 26.4 Å². The summed E-state index contributed by atoms with van der Waals surface area (Å²) >= 11 is 8.47. The number of aliphatic hydroxyl groups is 6. The average molecular weight is 1410 g/mol. The minimum absolute atomic E-state index is 0. The normalized spacial score (nSPS) is 22.3. The second-order valence-corrected chi connectivity index (χ2v) is 27.4. The number of hydrogen-bond acceptors (Lipinski definition) is 26. The van der Waals surface area contributed by atoms with Gasteiger partial charge >= 0.3 is 59.1 Å². The van der Waals surface area contributed by atoms with Gasteiger partial charge in [-0.2, -0.15) is 23.5 Å². The molecule has 5 aromatic rings. The van der Waals surface area contributed by atoms with Crippen molar-refractivity contribution in [1.82, 2.24) is 26.6 Å². The summed E-state index contributed by atoms with van der Waals surface area (Å²) in [4.78, 5) is 105. The van der Waals surface area contributed by atoms with Crippen LogP contribution in [0.5, 0.6) is 0 Å². The van der Waals surface area contributed by atoms with Crippen molar-refractivity contribution in [3.8, 4) is 19.5 Å². The van der Waals surface area contributed by atoms with E-state index in [1.165, 1.54) is 75.8 Å². The van der Waals surface area contributed by atoms with Gasteiger partial charge in [-0.15, -0.1) is 45.3 Å². The molecule has 0 unspecified atom stereocenters. The minimum Gasteiger partial charge on any atom is -0.870 e. The van der Waals surface area contributed by atoms with E-state index in [1.54, 1.807) is 54.8 Å². The zero-order valence-corrected chi connectivity index (χ0v) is 59.7. The number of amides is 5. The van der Waals surface area contributed by atoms with Crippen LogP contribution in [0.15, 0.2) is 83.6 Å². The number of nitrogens with one attached hydrogen (secondary N) is 5. The van der Waals surface area contributed by atoms with E-state index < -0.39 is 128 Å². The van der Waals surface area contributed by atoms with Gasteiger partial charge in [-0.1, -0.05) is 24.3 Å². The first-order valence-corrected chi connectivity index (χ1v) is 34.1. The summed E-state index contributed by atoms with van der Waals surface area (Å²) in [5.41, 5.74) is 0.761. The Bertz CT molecular complexity index is 3150. The van der Waals surface area contributed by atoms with Crippen molar-refractivity contribution in [3.63, 3.8) is 0 Å². The summed E-state index contributed by atoms with van der Waals surface area (Å²) in [5.74, 6) is -7.25. The summed E-state index contributed by atoms with van der Waals surface area (Å²) in [6.07, 6.45) is -11.6. The van der Waals surface area contributed by atoms with Gasteiger partial charge in [0.05, 0.1) is 58.6 Å². The van der Waals surface area contributed by atoms with Crippen molar-refractivity contribution in [2.75, 3.05) is 55.9 Å². The standard InChI is InChI=1S/C59H72N5O19S6.2Na.H2O/c1-33(66)63-48-38(69)28-58(32-65,82-52(48)50(73)40(71)30-61-55(76)46-17-15-44(88-46)42-9-4-25-86-42)80-20-6-24-85-27-19-60-54(75)36-13-11-35(12-14-36)37(68)8-3-22-84-23-7-21-81-59(57(78)79)29-39(70)49(64-34(2)67)53(83-59)51(74)41(72)31-62-56(77)47-18-16-45(89-47)43-10-5-26-87-43;;;/h4-5,9-18,25-26,38-41,48-53,69-74H,3,6-8,19-24,27-31H2,1-2H3,(H,60,75)(H,61,76)(H,62,77)(H,63,66)(H,64,67)(H,78,79);;;1H2/q-1;2*+1;/p-2/t38-,39-,40+,41+,48+,49+,50+,51+,52+,53+,58+,59+;;;/m0.../s1. The second kappa shape index (κ2) is 39.6. The molecule has 2 aliphatic rings. The number of benzene rings is 1. The molecule has 4 aromatic heterocycles. The molecule has 25 nitrogen and oxygen atoms in total. The van der Waals surface area contributed by atoms with E-state index in [0.29, 0.717) is 69.7 Å². The molecule has 0 radical (unpaired) electrons. The number of Topliss-reactive ketones (excluding diaryl/α,β-unsaturated/α-hetero) is 1. The summed E-state index contributed by atoms with van der Waals surface area (Å²) in [6.45, 7) is 1.47. The molecule has 5 amide bonds. The molecule has 1 aromatic carbocycles. The van der Waals surface area contributed by atoms with E-state index in [1.807, 2.05) is 35.0 Å². The molecule has 92 heavy (non-hydrogen) atoms. The predicted octanol–water partition coefficient (Wildman–Crippen LogP) is -4.06. The average Bonchev–Trinajstić information content (AvgIpc) is 1.93. The van der Waals surface area contributed by atoms with Gasteiger partial charge < -0.3 is 96.3 Å². The van der Waals surface area contributed by atoms with Crippen LogP contribution in [0.3, 0.4) is 0 Å². The molecular formula is C59H72N5Na2O20S6-. The first-order valence-electron chi connectivity index (χ1n) is 28.4. The van der Waals surface area contributed by atoms with Crippen LogP contribution in [0.25, 0.3) is 19.5 Å². The second-order valence-electron chi connectivity index (χ2n) is 20.9. The fourth-order valence-corrected chi connectivity index (χ4v) is 14.8. The molecule has 6 heterocycles. The third-order valence-corrected chi connectivity index (χ3v) is 20.7. The molecular weight excluding hydrogens is 1340 g/mol. The number of thioether (sulfide) groups is 2. The molecule has 12 N–H and O–H groups in total. The van der Waals surface area contributed by atoms with Crippen LogP contribution in [-0.2, 0) is 38.1 Å². The molecule has 0 bridgehead atoms. The maximum Gasteiger partial charge on any atom is 1.00 e. The van der Waals surface area contributed by atoms with Crippen LogP contribution in [0.2, 0.25) is 0 Å². The maximum absolute atomic E-state index is 13.0. The molecule has 33 heteroatoms. The molecule has 2 aliphatic heterocycles. The van der Waals surface area contributed by atoms with E-state index in [4.69, 9.17) is 18.9 Å². The Morgan fingerprint density at radius 3 is 1.60 bits per heavy atom. The predicted molar refractivity (Wildman–Crippen MR) is 336 cm³/mol. The van der Waals surface area contributed by atoms with Crippen molar-refractivity contribution in [2.45, 2.75) is 125 Å². The number of thiophene rings is 4. The Morgan fingerprint density at radius 1 is 0.630 bits per heavy atom. The number of carbonyl (C=O) groups is 7. The summed E-state index contributed by atoms with van der Waals surface area (Å²) < 4.78 is 23.2. The largest absolute Gasteiger partial charge is 1.00 e. The molecule has 0 saturated carbocycles. The summed E-state index contributed by atoms with van der Waals surface area (Å²) in [7, 11) is 0. The van der Waals surface area contributed by atoms with Crippen molar-refractivity contribution < 1.29 is 158 Å². The van der Waals surface area contributed by atoms with Crippen LogP contribution in [0.1, 0.15) is 92.4 Å². The topological polar surface area (TPSA) is 408 Å². The number of carboxylic acid groups (broad SMARTS) is 1. The fourth-order valence-electron chi connectivity index (χ4n) is 9.68. The van der Waals surface area contributed by atoms with Crippen LogP contribution in [-0.4, -0.2) is 212 Å². The van der Waals surface area contributed by atoms with Crippen LogP contribution < -0.4 is 90.8 Å². The first-order chi connectivity index (χ1) is 42.6.